The van der Waals surface area contributed by atoms with Gasteiger partial charge in [0.25, 0.3) is 11.9 Å². The van der Waals surface area contributed by atoms with Crippen LogP contribution < -0.4 is 20.8 Å². The van der Waals surface area contributed by atoms with Crippen LogP contribution in [0.5, 0.6) is 5.75 Å². The summed E-state index contributed by atoms with van der Waals surface area (Å²) in [6, 6.07) is 6.76. The van der Waals surface area contributed by atoms with Crippen molar-refractivity contribution in [1.29, 1.82) is 5.41 Å². The molecule has 0 aromatic heterocycles. The van der Waals surface area contributed by atoms with Crippen LogP contribution in [0, 0.1) is 15.5 Å². The highest BCUT2D eigenvalue weighted by molar-refractivity contribution is 5.80. The van der Waals surface area contributed by atoms with Gasteiger partial charge in [-0.05, 0) is 36.5 Å². The summed E-state index contributed by atoms with van der Waals surface area (Å²) in [5.41, 5.74) is 2.83. The summed E-state index contributed by atoms with van der Waals surface area (Å²) in [6.07, 6.45) is 1.38. The molecule has 1 rings (SSSR count). The predicted octanol–water partition coefficient (Wildman–Crippen LogP) is 0.958. The van der Waals surface area contributed by atoms with Gasteiger partial charge in [0.05, 0.1) is 6.04 Å². The topological polar surface area (TPSA) is 146 Å². The SMILES string of the molecule is CC(C)c1ccc(OCC(=O)NC(C=O)CCCNC(=N)N[N+](=O)[O-])cc1. The molecule has 10 heteroatoms. The molecule has 1 aromatic carbocycles. The van der Waals surface area contributed by atoms with E-state index >= 15 is 0 Å². The Morgan fingerprint density at radius 1 is 1.33 bits per heavy atom. The molecule has 1 unspecified atom stereocenters. The van der Waals surface area contributed by atoms with Gasteiger partial charge in [-0.15, -0.1) is 0 Å². The van der Waals surface area contributed by atoms with Crippen molar-refractivity contribution < 1.29 is 19.4 Å². The van der Waals surface area contributed by atoms with Crippen molar-refractivity contribution in [3.05, 3.63) is 39.9 Å². The second-order valence-electron chi connectivity index (χ2n) is 6.14. The Bertz CT molecular complexity index is 648. The fourth-order valence-corrected chi connectivity index (χ4v) is 2.19. The van der Waals surface area contributed by atoms with Crippen molar-refractivity contribution >= 4 is 18.2 Å². The van der Waals surface area contributed by atoms with E-state index in [0.29, 0.717) is 30.8 Å². The van der Waals surface area contributed by atoms with Gasteiger partial charge in [-0.25, -0.2) is 10.1 Å². The molecule has 0 heterocycles. The van der Waals surface area contributed by atoms with Crippen LogP contribution in [0.2, 0.25) is 0 Å². The first-order valence-corrected chi connectivity index (χ1v) is 8.52. The number of hydrazine groups is 1. The molecule has 0 saturated heterocycles. The number of hydrogen-bond donors (Lipinski definition) is 4. The van der Waals surface area contributed by atoms with Gasteiger partial charge in [-0.3, -0.25) is 10.2 Å². The quantitative estimate of drug-likeness (QED) is 0.112. The lowest BCUT2D eigenvalue weighted by Gasteiger charge is -2.14. The number of amides is 1. The van der Waals surface area contributed by atoms with Crippen molar-refractivity contribution in [2.24, 2.45) is 0 Å². The zero-order valence-corrected chi connectivity index (χ0v) is 15.4. The molecular weight excluding hydrogens is 354 g/mol. The number of rotatable bonds is 11. The van der Waals surface area contributed by atoms with Crippen molar-refractivity contribution in [2.45, 2.75) is 38.6 Å². The first-order valence-electron chi connectivity index (χ1n) is 8.52. The standard InChI is InChI=1S/C17H25N5O5/c1-12(2)13-5-7-15(8-6-13)27-11-16(24)20-14(10-23)4-3-9-19-17(18)21-22(25)26/h5-8,10,12,14H,3-4,9,11H2,1-2H3,(H,20,24)(H3,18,19,21). The van der Waals surface area contributed by atoms with Gasteiger partial charge in [-0.2, -0.15) is 0 Å². The number of benzene rings is 1. The molecule has 0 saturated carbocycles. The summed E-state index contributed by atoms with van der Waals surface area (Å²) in [6.45, 7) is 4.21. The van der Waals surface area contributed by atoms with Crippen molar-refractivity contribution in [3.63, 3.8) is 0 Å². The molecule has 4 N–H and O–H groups in total. The minimum absolute atomic E-state index is 0.207. The van der Waals surface area contributed by atoms with Crippen LogP contribution in [-0.2, 0) is 9.59 Å². The number of guanidine groups is 1. The van der Waals surface area contributed by atoms with Crippen LogP contribution in [0.25, 0.3) is 0 Å². The Morgan fingerprint density at radius 2 is 2.00 bits per heavy atom. The highest BCUT2D eigenvalue weighted by Crippen LogP contribution is 2.18. The zero-order valence-electron chi connectivity index (χ0n) is 15.4. The van der Waals surface area contributed by atoms with Gasteiger partial charge >= 0.3 is 0 Å². The molecule has 1 aromatic rings. The van der Waals surface area contributed by atoms with Crippen molar-refractivity contribution in [1.82, 2.24) is 16.1 Å². The lowest BCUT2D eigenvalue weighted by Crippen LogP contribution is -2.41. The molecule has 10 nitrogen and oxygen atoms in total. The Morgan fingerprint density at radius 3 is 2.56 bits per heavy atom. The first-order chi connectivity index (χ1) is 12.8. The molecule has 0 aliphatic heterocycles. The van der Waals surface area contributed by atoms with Gasteiger partial charge in [0, 0.05) is 6.54 Å². The molecule has 0 radical (unpaired) electrons. The Kier molecular flexibility index (Phi) is 9.27. The molecule has 0 fully saturated rings. The largest absolute Gasteiger partial charge is 0.484 e. The van der Waals surface area contributed by atoms with Gasteiger partial charge in [0.1, 0.15) is 12.0 Å². The summed E-state index contributed by atoms with van der Waals surface area (Å²) in [5, 5.41) is 21.5. The van der Waals surface area contributed by atoms with E-state index in [9.17, 15) is 19.7 Å². The van der Waals surface area contributed by atoms with E-state index in [1.807, 2.05) is 12.1 Å². The molecule has 0 bridgehead atoms. The average Bonchev–Trinajstić information content (AvgIpc) is 2.62. The van der Waals surface area contributed by atoms with Crippen LogP contribution in [0.1, 0.15) is 38.2 Å². The molecule has 0 aliphatic rings. The van der Waals surface area contributed by atoms with Gasteiger partial charge < -0.3 is 20.2 Å². The average molecular weight is 379 g/mol. The maximum atomic E-state index is 11.9. The first kappa shape index (κ1) is 21.9. The fourth-order valence-electron chi connectivity index (χ4n) is 2.19. The molecule has 0 spiro atoms. The molecule has 148 valence electrons. The third kappa shape index (κ3) is 9.19. The Hall–Kier alpha value is -3.17. The van der Waals surface area contributed by atoms with Crippen LogP contribution in [0.15, 0.2) is 24.3 Å². The highest BCUT2D eigenvalue weighted by atomic mass is 16.7. The van der Waals surface area contributed by atoms with E-state index in [2.05, 4.69) is 24.5 Å². The van der Waals surface area contributed by atoms with E-state index in [0.717, 1.165) is 0 Å². The van der Waals surface area contributed by atoms with Gasteiger partial charge in [-0.1, -0.05) is 31.4 Å². The molecule has 27 heavy (non-hydrogen) atoms. The summed E-state index contributed by atoms with van der Waals surface area (Å²) in [4.78, 5) is 33.1. The number of nitro groups is 1. The summed E-state index contributed by atoms with van der Waals surface area (Å²) in [5.74, 6) is 0.113. The second-order valence-corrected chi connectivity index (χ2v) is 6.14. The van der Waals surface area contributed by atoms with Gasteiger partial charge in [0.15, 0.2) is 11.6 Å². The van der Waals surface area contributed by atoms with Gasteiger partial charge in [0.2, 0.25) is 0 Å². The summed E-state index contributed by atoms with van der Waals surface area (Å²) in [7, 11) is 0. The van der Waals surface area contributed by atoms with Crippen molar-refractivity contribution in [2.75, 3.05) is 13.2 Å². The predicted molar refractivity (Wildman–Crippen MR) is 99.1 cm³/mol. The van der Waals surface area contributed by atoms with E-state index in [-0.39, 0.29) is 13.2 Å². The molecule has 1 amide bonds. The Balaban J connectivity index is 2.29. The third-order valence-electron chi connectivity index (χ3n) is 3.62. The summed E-state index contributed by atoms with van der Waals surface area (Å²) < 4.78 is 5.40. The lowest BCUT2D eigenvalue weighted by molar-refractivity contribution is -0.525. The number of ether oxygens (including phenoxy) is 1. The number of carbonyl (C=O) groups is 2. The maximum Gasteiger partial charge on any atom is 0.258 e. The van der Waals surface area contributed by atoms with E-state index < -0.39 is 22.9 Å². The van der Waals surface area contributed by atoms with Crippen LogP contribution in [0.4, 0.5) is 0 Å². The molecule has 0 aliphatic carbocycles. The highest BCUT2D eigenvalue weighted by Gasteiger charge is 2.12. The van der Waals surface area contributed by atoms with Crippen LogP contribution in [0.3, 0.4) is 0 Å². The number of aldehydes is 1. The van der Waals surface area contributed by atoms with E-state index in [1.165, 1.54) is 5.56 Å². The number of hydrogen-bond acceptors (Lipinski definition) is 6. The molecule has 1 atom stereocenters. The Labute approximate surface area is 157 Å². The van der Waals surface area contributed by atoms with Crippen LogP contribution >= 0.6 is 0 Å². The van der Waals surface area contributed by atoms with E-state index in [4.69, 9.17) is 10.1 Å². The minimum atomic E-state index is -0.847. The van der Waals surface area contributed by atoms with Crippen LogP contribution in [-0.4, -0.2) is 42.4 Å². The lowest BCUT2D eigenvalue weighted by atomic mass is 10.0. The number of nitrogens with one attached hydrogen (secondary N) is 4. The number of nitrogens with zero attached hydrogens (tertiary/aromatic N) is 1. The smallest absolute Gasteiger partial charge is 0.258 e. The number of carbonyl (C=O) groups excluding carboxylic acids is 2. The molecular formula is C17H25N5O5. The van der Waals surface area contributed by atoms with E-state index in [1.54, 1.807) is 17.6 Å². The summed E-state index contributed by atoms with van der Waals surface area (Å²) >= 11 is 0. The zero-order chi connectivity index (χ0) is 20.2. The minimum Gasteiger partial charge on any atom is -0.484 e. The monoisotopic (exact) mass is 379 g/mol. The third-order valence-corrected chi connectivity index (χ3v) is 3.62. The van der Waals surface area contributed by atoms with Crippen molar-refractivity contribution in [3.8, 4) is 5.75 Å². The second kappa shape index (κ2) is 11.4. The normalized spacial score (nSPS) is 11.4. The maximum absolute atomic E-state index is 11.9. The fraction of sp³-hybridized carbons (Fsp3) is 0.471.